The van der Waals surface area contributed by atoms with Gasteiger partial charge in [-0.15, -0.1) is 0 Å². The number of fused-ring (bicyclic) bond motifs is 5. The van der Waals surface area contributed by atoms with Crippen molar-refractivity contribution in [3.63, 3.8) is 0 Å². The minimum Gasteiger partial charge on any atom is -0.507 e. The molecule has 1 N–H and O–H groups in total. The molecular formula is C35H24EuN2O2. The van der Waals surface area contributed by atoms with E-state index in [0.717, 1.165) is 43.4 Å². The third-order valence-electron chi connectivity index (χ3n) is 6.69. The van der Waals surface area contributed by atoms with Crippen molar-refractivity contribution < 1.29 is 59.3 Å². The summed E-state index contributed by atoms with van der Waals surface area (Å²) in [6, 6.07) is 39.1. The van der Waals surface area contributed by atoms with E-state index >= 15 is 0 Å². The predicted octanol–water partition coefficient (Wildman–Crippen LogP) is 8.56. The van der Waals surface area contributed by atoms with Crippen LogP contribution >= 0.6 is 0 Å². The van der Waals surface area contributed by atoms with E-state index in [-0.39, 0.29) is 60.9 Å². The van der Waals surface area contributed by atoms with Crippen molar-refractivity contribution in [1.82, 2.24) is 9.97 Å². The fourth-order valence-electron chi connectivity index (χ4n) is 4.66. The second-order valence-electron chi connectivity index (χ2n) is 9.23. The van der Waals surface area contributed by atoms with Gasteiger partial charge in [-0.25, -0.2) is 0 Å². The number of carbonyl (C=O) groups is 1. The molecular weight excluding hydrogens is 632 g/mol. The minimum atomic E-state index is -0.212. The molecule has 0 fully saturated rings. The van der Waals surface area contributed by atoms with E-state index in [1.54, 1.807) is 18.5 Å². The molecule has 0 saturated heterocycles. The maximum absolute atomic E-state index is 12.5. The summed E-state index contributed by atoms with van der Waals surface area (Å²) in [5, 5.41) is 16.9. The molecule has 1 radical (unpaired) electrons. The summed E-state index contributed by atoms with van der Waals surface area (Å²) >= 11 is 0. The van der Waals surface area contributed by atoms with Gasteiger partial charge in [0.15, 0.2) is 5.78 Å². The number of aromatic nitrogens is 2. The normalized spacial score (nSPS) is 11.2. The van der Waals surface area contributed by atoms with Gasteiger partial charge >= 0.3 is 0 Å². The number of carbonyl (C=O) groups excluding carboxylic acids is 1. The topological polar surface area (TPSA) is 63.1 Å². The number of benzene rings is 5. The Hall–Kier alpha value is -3.77. The molecule has 0 amide bonds. The zero-order valence-electron chi connectivity index (χ0n) is 21.4. The monoisotopic (exact) mass is 657 g/mol. The summed E-state index contributed by atoms with van der Waals surface area (Å²) in [7, 11) is 0. The smallest absolute Gasteiger partial charge is 0.189 e. The summed E-state index contributed by atoms with van der Waals surface area (Å²) in [5.74, 6) is -0.236. The van der Waals surface area contributed by atoms with Gasteiger partial charge in [0, 0.05) is 89.7 Å². The number of nitrogens with zero attached hydrogens (tertiary/aromatic N) is 2. The molecule has 0 aliphatic carbocycles. The van der Waals surface area contributed by atoms with Crippen molar-refractivity contribution in [3.05, 3.63) is 151 Å². The molecule has 4 nitrogen and oxygen atoms in total. The summed E-state index contributed by atoms with van der Waals surface area (Å²) in [6.07, 6.45) is 4.89. The van der Waals surface area contributed by atoms with Gasteiger partial charge in [0.25, 0.3) is 0 Å². The van der Waals surface area contributed by atoms with Crippen molar-refractivity contribution in [2.75, 3.05) is 0 Å². The summed E-state index contributed by atoms with van der Waals surface area (Å²) in [5.41, 5.74) is 3.15. The Balaban J connectivity index is 0.000000182. The molecule has 7 rings (SSSR count). The fraction of sp³-hybridized carbons (Fsp3) is 0. The first-order valence-electron chi connectivity index (χ1n) is 12.7. The van der Waals surface area contributed by atoms with Crippen LogP contribution in [0.15, 0.2) is 140 Å². The van der Waals surface area contributed by atoms with Crippen LogP contribution in [-0.4, -0.2) is 20.9 Å². The molecule has 5 heteroatoms. The Morgan fingerprint density at radius 1 is 0.525 bits per heavy atom. The Morgan fingerprint density at radius 3 is 1.50 bits per heavy atom. The van der Waals surface area contributed by atoms with Crippen LogP contribution in [0.25, 0.3) is 49.1 Å². The van der Waals surface area contributed by atoms with Crippen LogP contribution in [0.4, 0.5) is 0 Å². The Morgan fingerprint density at radius 2 is 0.950 bits per heavy atom. The van der Waals surface area contributed by atoms with E-state index in [4.69, 9.17) is 0 Å². The second-order valence-corrected chi connectivity index (χ2v) is 9.23. The van der Waals surface area contributed by atoms with Gasteiger partial charge in [-0.1, -0.05) is 97.1 Å². The Bertz CT molecular complexity index is 1960. The first-order chi connectivity index (χ1) is 19.2. The van der Waals surface area contributed by atoms with Gasteiger partial charge in [0.05, 0.1) is 11.0 Å². The van der Waals surface area contributed by atoms with Crippen LogP contribution in [0.1, 0.15) is 15.9 Å². The van der Waals surface area contributed by atoms with E-state index in [9.17, 15) is 9.90 Å². The first kappa shape index (κ1) is 27.8. The molecule has 40 heavy (non-hydrogen) atoms. The zero-order chi connectivity index (χ0) is 26.6. The van der Waals surface area contributed by atoms with Gasteiger partial charge < -0.3 is 5.11 Å². The number of aliphatic hydroxyl groups is 1. The average molecular weight is 657 g/mol. The van der Waals surface area contributed by atoms with Gasteiger partial charge in [-0.05, 0) is 45.8 Å². The van der Waals surface area contributed by atoms with Gasteiger partial charge in [-0.3, -0.25) is 14.8 Å². The van der Waals surface area contributed by atoms with E-state index in [1.165, 1.54) is 6.08 Å². The quantitative estimate of drug-likeness (QED) is 0.0897. The largest absolute Gasteiger partial charge is 0.507 e. The number of rotatable bonds is 3. The average Bonchev–Trinajstić information content (AvgIpc) is 3.00. The third-order valence-corrected chi connectivity index (χ3v) is 6.69. The number of aliphatic hydroxyl groups excluding tert-OH is 1. The molecule has 0 aliphatic rings. The SMILES string of the molecule is O=C(/C=C(\O)c1ccc2ccccc2c1)c1ccc2ccccc2c1.[Eu].c1cnc2c(c1)ccc1cccnc12. The molecule has 0 aliphatic heterocycles. The molecule has 2 heterocycles. The molecule has 0 bridgehead atoms. The summed E-state index contributed by atoms with van der Waals surface area (Å²) in [6.45, 7) is 0. The van der Waals surface area contributed by atoms with Gasteiger partial charge in [0.2, 0.25) is 0 Å². The van der Waals surface area contributed by atoms with Crippen LogP contribution < -0.4 is 0 Å². The van der Waals surface area contributed by atoms with Crippen LogP contribution in [0.5, 0.6) is 0 Å². The molecule has 2 aromatic heterocycles. The maximum Gasteiger partial charge on any atom is 0.189 e. The van der Waals surface area contributed by atoms with E-state index in [1.807, 2.05) is 91.0 Å². The first-order valence-corrected chi connectivity index (χ1v) is 12.7. The fourth-order valence-corrected chi connectivity index (χ4v) is 4.66. The standard InChI is InChI=1S/C23H16O2.C12H8N2.Eu/c24-22(20-11-9-16-5-1-3-7-18(16)13-20)15-23(25)21-12-10-17-6-2-4-8-19(17)14-21;1-3-9-5-6-10-4-2-8-14-12(10)11(9)13-7-1;/h1-15,24H;1-8H;/b22-15-;;. The van der Waals surface area contributed by atoms with E-state index in [2.05, 4.69) is 34.2 Å². The van der Waals surface area contributed by atoms with Crippen LogP contribution in [0.3, 0.4) is 0 Å². The van der Waals surface area contributed by atoms with Crippen LogP contribution in [-0.2, 0) is 0 Å². The van der Waals surface area contributed by atoms with Crippen molar-refractivity contribution in [1.29, 1.82) is 0 Å². The molecule has 5 aromatic carbocycles. The van der Waals surface area contributed by atoms with Crippen molar-refractivity contribution in [2.24, 2.45) is 0 Å². The molecule has 193 valence electrons. The van der Waals surface area contributed by atoms with Crippen LogP contribution in [0, 0.1) is 49.4 Å². The number of hydrogen-bond donors (Lipinski definition) is 1. The number of allylic oxidation sites excluding steroid dienone is 1. The zero-order valence-corrected chi connectivity index (χ0v) is 23.8. The van der Waals surface area contributed by atoms with Crippen molar-refractivity contribution in [3.8, 4) is 0 Å². The van der Waals surface area contributed by atoms with Gasteiger partial charge in [0.1, 0.15) is 5.76 Å². The Kier molecular flexibility index (Phi) is 8.76. The molecule has 0 saturated carbocycles. The predicted molar refractivity (Wildman–Crippen MR) is 160 cm³/mol. The van der Waals surface area contributed by atoms with Crippen LogP contribution in [0.2, 0.25) is 0 Å². The minimum absolute atomic E-state index is 0. The van der Waals surface area contributed by atoms with Gasteiger partial charge in [-0.2, -0.15) is 0 Å². The summed E-state index contributed by atoms with van der Waals surface area (Å²) in [4.78, 5) is 21.2. The number of pyridine rings is 2. The third kappa shape index (κ3) is 6.02. The second kappa shape index (κ2) is 12.6. The van der Waals surface area contributed by atoms with E-state index in [0.29, 0.717) is 11.1 Å². The van der Waals surface area contributed by atoms with E-state index < -0.39 is 0 Å². The molecule has 0 atom stereocenters. The summed E-state index contributed by atoms with van der Waals surface area (Å²) < 4.78 is 0. The number of ketones is 1. The Labute approximate surface area is 272 Å². The number of hydrogen-bond acceptors (Lipinski definition) is 4. The van der Waals surface area contributed by atoms with Crippen molar-refractivity contribution in [2.45, 2.75) is 0 Å². The van der Waals surface area contributed by atoms with Crippen molar-refractivity contribution >= 4 is 54.9 Å². The molecule has 0 spiro atoms. The molecule has 7 aromatic rings. The molecule has 0 unspecified atom stereocenters. The maximum atomic E-state index is 12.5.